The van der Waals surface area contributed by atoms with Crippen LogP contribution in [0.15, 0.2) is 47.8 Å². The van der Waals surface area contributed by atoms with Crippen LogP contribution in [0.2, 0.25) is 0 Å². The van der Waals surface area contributed by atoms with Crippen molar-refractivity contribution >= 4 is 28.3 Å². The highest BCUT2D eigenvalue weighted by atomic mass is 32.1. The predicted molar refractivity (Wildman–Crippen MR) is 154 cm³/mol. The third kappa shape index (κ3) is 10.1. The Bertz CT molecular complexity index is 1270. The molecule has 216 valence electrons. The van der Waals surface area contributed by atoms with Crippen molar-refractivity contribution in [1.82, 2.24) is 15.6 Å². The summed E-state index contributed by atoms with van der Waals surface area (Å²) in [6.07, 6.45) is -0.338. The molecule has 0 bridgehead atoms. The minimum atomic E-state index is -1.05. The molecule has 0 saturated carbocycles. The van der Waals surface area contributed by atoms with E-state index in [1.165, 1.54) is 29.0 Å². The number of carbonyl (C=O) groups excluding carboxylic acids is 2. The molecule has 10 heteroatoms. The molecule has 0 unspecified atom stereocenters. The molecular formula is C30H38F2N4O3S. The van der Waals surface area contributed by atoms with E-state index in [0.29, 0.717) is 17.2 Å². The maximum atomic E-state index is 13.8. The van der Waals surface area contributed by atoms with Gasteiger partial charge in [0.2, 0.25) is 11.8 Å². The fourth-order valence-electron chi connectivity index (χ4n) is 4.10. The molecule has 2 aromatic carbocycles. The number of anilines is 1. The van der Waals surface area contributed by atoms with Crippen LogP contribution in [0.3, 0.4) is 0 Å². The molecule has 3 rings (SSSR count). The Kier molecular flexibility index (Phi) is 11.3. The van der Waals surface area contributed by atoms with Gasteiger partial charge in [-0.1, -0.05) is 52.0 Å². The van der Waals surface area contributed by atoms with Crippen LogP contribution in [-0.4, -0.2) is 40.6 Å². The highest BCUT2D eigenvalue weighted by Gasteiger charge is 2.23. The molecule has 1 heterocycles. The number of nitrogens with one attached hydrogen (secondary N) is 3. The number of carbonyl (C=O) groups is 2. The average molecular weight is 573 g/mol. The molecular weight excluding hydrogens is 534 g/mol. The highest BCUT2D eigenvalue weighted by molar-refractivity contribution is 7.13. The van der Waals surface area contributed by atoms with Gasteiger partial charge in [0.15, 0.2) is 5.13 Å². The van der Waals surface area contributed by atoms with Gasteiger partial charge >= 0.3 is 0 Å². The predicted octanol–water partition coefficient (Wildman–Crippen LogP) is 4.88. The van der Waals surface area contributed by atoms with Crippen molar-refractivity contribution in [2.24, 2.45) is 0 Å². The van der Waals surface area contributed by atoms with E-state index in [1.54, 1.807) is 0 Å². The lowest BCUT2D eigenvalue weighted by Crippen LogP contribution is -2.48. The van der Waals surface area contributed by atoms with E-state index in [9.17, 15) is 23.5 Å². The van der Waals surface area contributed by atoms with E-state index >= 15 is 0 Å². The zero-order chi connectivity index (χ0) is 29.3. The summed E-state index contributed by atoms with van der Waals surface area (Å²) in [5.41, 5.74) is 3.28. The van der Waals surface area contributed by atoms with Crippen molar-refractivity contribution in [2.75, 3.05) is 11.9 Å². The molecule has 0 aliphatic heterocycles. The van der Waals surface area contributed by atoms with Crippen molar-refractivity contribution < 1.29 is 23.5 Å². The monoisotopic (exact) mass is 572 g/mol. The first-order chi connectivity index (χ1) is 18.9. The van der Waals surface area contributed by atoms with E-state index in [0.717, 1.165) is 23.7 Å². The van der Waals surface area contributed by atoms with Crippen molar-refractivity contribution in [3.63, 3.8) is 0 Å². The number of halogens is 2. The van der Waals surface area contributed by atoms with Crippen LogP contribution in [0.25, 0.3) is 0 Å². The van der Waals surface area contributed by atoms with Crippen molar-refractivity contribution in [3.8, 4) is 0 Å². The van der Waals surface area contributed by atoms with Gasteiger partial charge in [-0.3, -0.25) is 9.59 Å². The molecule has 1 aromatic heterocycles. The number of benzene rings is 2. The first-order valence-corrected chi connectivity index (χ1v) is 14.3. The average Bonchev–Trinajstić information content (AvgIpc) is 3.36. The van der Waals surface area contributed by atoms with E-state index in [-0.39, 0.29) is 37.1 Å². The van der Waals surface area contributed by atoms with Gasteiger partial charge in [0, 0.05) is 42.8 Å². The summed E-state index contributed by atoms with van der Waals surface area (Å²) < 4.78 is 27.6. The first-order valence-electron chi connectivity index (χ1n) is 13.4. The lowest BCUT2D eigenvalue weighted by molar-refractivity contribution is -0.125. The summed E-state index contributed by atoms with van der Waals surface area (Å²) in [6, 6.07) is 10.4. The van der Waals surface area contributed by atoms with Crippen LogP contribution >= 0.6 is 11.3 Å². The quantitative estimate of drug-likeness (QED) is 0.234. The Morgan fingerprint density at radius 2 is 1.68 bits per heavy atom. The molecule has 0 fully saturated rings. The van der Waals surface area contributed by atoms with Gasteiger partial charge in [0.1, 0.15) is 11.6 Å². The number of rotatable bonds is 13. The number of hydrogen-bond acceptors (Lipinski definition) is 6. The molecule has 3 aromatic rings. The zero-order valence-electron chi connectivity index (χ0n) is 23.4. The van der Waals surface area contributed by atoms with Gasteiger partial charge < -0.3 is 21.1 Å². The van der Waals surface area contributed by atoms with Gasteiger partial charge in [0.25, 0.3) is 0 Å². The minimum absolute atomic E-state index is 0.00940. The van der Waals surface area contributed by atoms with E-state index in [4.69, 9.17) is 0 Å². The number of hydrogen-bond donors (Lipinski definition) is 4. The minimum Gasteiger partial charge on any atom is -0.390 e. The number of amides is 2. The molecule has 4 N–H and O–H groups in total. The van der Waals surface area contributed by atoms with Crippen molar-refractivity contribution in [1.29, 1.82) is 0 Å². The normalized spacial score (nSPS) is 13.1. The zero-order valence-corrected chi connectivity index (χ0v) is 24.2. The SMILES string of the molecule is CCc1cccc(CNC[C@@H](O)[C@H](Cc2cc(F)cc(F)c2)NC(=O)CCC(=O)Nc2nc(C(C)(C)C)cs2)c1. The van der Waals surface area contributed by atoms with E-state index in [2.05, 4.69) is 33.9 Å². The topological polar surface area (TPSA) is 103 Å². The number of thiazole rings is 1. The lowest BCUT2D eigenvalue weighted by atomic mass is 9.93. The largest absolute Gasteiger partial charge is 0.390 e. The number of aliphatic hydroxyl groups excluding tert-OH is 1. The summed E-state index contributed by atoms with van der Waals surface area (Å²) in [4.78, 5) is 29.6. The standard InChI is InChI=1S/C30H38F2N4O3S/c1-5-19-7-6-8-20(11-19)16-33-17-25(37)24(14-21-12-22(31)15-23(32)13-21)34-27(38)9-10-28(39)36-29-35-26(18-40-29)30(2,3)4/h6-8,11-13,15,18,24-25,33,37H,5,9-10,14,16-17H2,1-4H3,(H,34,38)(H,35,36,39)/t24-,25+/m0/s1. The van der Waals surface area contributed by atoms with Gasteiger partial charge in [-0.25, -0.2) is 13.8 Å². The molecule has 0 saturated heterocycles. The summed E-state index contributed by atoms with van der Waals surface area (Å²) in [6.45, 7) is 8.80. The Labute approximate surface area is 238 Å². The highest BCUT2D eigenvalue weighted by Crippen LogP contribution is 2.26. The van der Waals surface area contributed by atoms with Gasteiger partial charge in [0.05, 0.1) is 17.8 Å². The van der Waals surface area contributed by atoms with Crippen molar-refractivity contribution in [3.05, 3.63) is 81.9 Å². The van der Waals surface area contributed by atoms with Crippen LogP contribution in [0.5, 0.6) is 0 Å². The van der Waals surface area contributed by atoms with E-state index < -0.39 is 29.7 Å². The Morgan fingerprint density at radius 3 is 2.33 bits per heavy atom. The second-order valence-corrected chi connectivity index (χ2v) is 11.7. The lowest BCUT2D eigenvalue weighted by Gasteiger charge is -2.25. The summed E-state index contributed by atoms with van der Waals surface area (Å²) in [5.74, 6) is -2.29. The van der Waals surface area contributed by atoms with Crippen LogP contribution in [-0.2, 0) is 34.4 Å². The van der Waals surface area contributed by atoms with Crippen LogP contribution in [0.1, 0.15) is 62.9 Å². The molecule has 7 nitrogen and oxygen atoms in total. The number of aromatic nitrogens is 1. The van der Waals surface area contributed by atoms with Crippen LogP contribution in [0.4, 0.5) is 13.9 Å². The molecule has 2 amide bonds. The second kappa shape index (κ2) is 14.4. The molecule has 0 radical (unpaired) electrons. The first kappa shape index (κ1) is 31.3. The Morgan fingerprint density at radius 1 is 1.00 bits per heavy atom. The van der Waals surface area contributed by atoms with Crippen LogP contribution < -0.4 is 16.0 Å². The molecule has 40 heavy (non-hydrogen) atoms. The smallest absolute Gasteiger partial charge is 0.226 e. The molecule has 0 aliphatic carbocycles. The molecule has 0 spiro atoms. The van der Waals surface area contributed by atoms with Crippen molar-refractivity contribution in [2.45, 2.75) is 77.5 Å². The maximum Gasteiger partial charge on any atom is 0.226 e. The fraction of sp³-hybridized carbons (Fsp3) is 0.433. The maximum absolute atomic E-state index is 13.8. The Hall–Kier alpha value is -3.21. The van der Waals surface area contributed by atoms with E-state index in [1.807, 2.05) is 44.4 Å². The van der Waals surface area contributed by atoms with Gasteiger partial charge in [-0.15, -0.1) is 11.3 Å². The summed E-state index contributed by atoms with van der Waals surface area (Å²) in [5, 5.41) is 21.9. The number of aliphatic hydroxyl groups is 1. The second-order valence-electron chi connectivity index (χ2n) is 10.9. The third-order valence-electron chi connectivity index (χ3n) is 6.37. The van der Waals surface area contributed by atoms with Crippen LogP contribution in [0, 0.1) is 11.6 Å². The fourth-order valence-corrected chi connectivity index (χ4v) is 5.05. The summed E-state index contributed by atoms with van der Waals surface area (Å²) in [7, 11) is 0. The molecule has 2 atom stereocenters. The number of aryl methyl sites for hydroxylation is 1. The van der Waals surface area contributed by atoms with Gasteiger partial charge in [-0.2, -0.15) is 0 Å². The van der Waals surface area contributed by atoms with Gasteiger partial charge in [-0.05, 0) is 41.7 Å². The number of nitrogens with zero attached hydrogens (tertiary/aromatic N) is 1. The Balaban J connectivity index is 1.58. The summed E-state index contributed by atoms with van der Waals surface area (Å²) >= 11 is 1.32. The third-order valence-corrected chi connectivity index (χ3v) is 7.13. The molecule has 0 aliphatic rings.